The van der Waals surface area contributed by atoms with E-state index in [0.717, 1.165) is 0 Å². The van der Waals surface area contributed by atoms with Gasteiger partial charge in [0.05, 0.1) is 12.7 Å². The topological polar surface area (TPSA) is 71.1 Å². The standard InChI is InChI=1S/C15H26O6/c1-7-9-19-13(16)12(4)18-10-8-15(5,6)21-14(17)20-11(2)3/h7,11-12H,1,8-10H2,2-6H3. The zero-order chi connectivity index (χ0) is 16.5. The molecule has 0 aromatic heterocycles. The van der Waals surface area contributed by atoms with Crippen molar-refractivity contribution < 1.29 is 28.5 Å². The minimum atomic E-state index is -0.739. The number of carbonyl (C=O) groups excluding carboxylic acids is 2. The molecule has 0 radical (unpaired) electrons. The van der Waals surface area contributed by atoms with E-state index in [-0.39, 0.29) is 19.3 Å². The van der Waals surface area contributed by atoms with Gasteiger partial charge in [-0.1, -0.05) is 12.7 Å². The van der Waals surface area contributed by atoms with E-state index in [2.05, 4.69) is 6.58 Å². The summed E-state index contributed by atoms with van der Waals surface area (Å²) in [4.78, 5) is 22.9. The fourth-order valence-electron chi connectivity index (χ4n) is 1.30. The van der Waals surface area contributed by atoms with E-state index in [1.165, 1.54) is 6.08 Å². The Balaban J connectivity index is 4.05. The van der Waals surface area contributed by atoms with Gasteiger partial charge >= 0.3 is 12.1 Å². The van der Waals surface area contributed by atoms with Crippen LogP contribution in [0.2, 0.25) is 0 Å². The van der Waals surface area contributed by atoms with Crippen LogP contribution in [-0.4, -0.2) is 43.1 Å². The zero-order valence-electron chi connectivity index (χ0n) is 13.5. The molecule has 0 fully saturated rings. The highest BCUT2D eigenvalue weighted by Crippen LogP contribution is 2.16. The number of esters is 1. The van der Waals surface area contributed by atoms with Gasteiger partial charge in [-0.25, -0.2) is 9.59 Å². The second-order valence-corrected chi connectivity index (χ2v) is 5.46. The maximum absolute atomic E-state index is 11.5. The fraction of sp³-hybridized carbons (Fsp3) is 0.733. The second-order valence-electron chi connectivity index (χ2n) is 5.46. The Morgan fingerprint density at radius 2 is 1.86 bits per heavy atom. The van der Waals surface area contributed by atoms with E-state index >= 15 is 0 Å². The third-order valence-corrected chi connectivity index (χ3v) is 2.44. The summed E-state index contributed by atoms with van der Waals surface area (Å²) in [5, 5.41) is 0. The Kier molecular flexibility index (Phi) is 8.69. The van der Waals surface area contributed by atoms with Gasteiger partial charge in [0.2, 0.25) is 0 Å². The normalized spacial score (nSPS) is 12.7. The molecule has 1 atom stereocenters. The average molecular weight is 302 g/mol. The van der Waals surface area contributed by atoms with Gasteiger partial charge in [0.15, 0.2) is 6.10 Å². The highest BCUT2D eigenvalue weighted by Gasteiger charge is 2.25. The van der Waals surface area contributed by atoms with Crippen molar-refractivity contribution in [2.24, 2.45) is 0 Å². The molecule has 0 aromatic rings. The molecule has 0 aliphatic heterocycles. The predicted molar refractivity (Wildman–Crippen MR) is 78.0 cm³/mol. The zero-order valence-corrected chi connectivity index (χ0v) is 13.5. The van der Waals surface area contributed by atoms with Gasteiger partial charge < -0.3 is 18.9 Å². The van der Waals surface area contributed by atoms with E-state index in [0.29, 0.717) is 6.42 Å². The van der Waals surface area contributed by atoms with Crippen molar-refractivity contribution in [3.05, 3.63) is 12.7 Å². The third kappa shape index (κ3) is 9.90. The summed E-state index contributed by atoms with van der Waals surface area (Å²) < 4.78 is 20.3. The van der Waals surface area contributed by atoms with Crippen LogP contribution in [0.3, 0.4) is 0 Å². The van der Waals surface area contributed by atoms with Crippen LogP contribution in [0, 0.1) is 0 Å². The minimum absolute atomic E-state index is 0.155. The van der Waals surface area contributed by atoms with Crippen LogP contribution >= 0.6 is 0 Å². The van der Waals surface area contributed by atoms with Gasteiger partial charge in [0.1, 0.15) is 12.2 Å². The molecule has 0 aliphatic rings. The number of hydrogen-bond donors (Lipinski definition) is 0. The van der Waals surface area contributed by atoms with Crippen LogP contribution in [0.1, 0.15) is 41.0 Å². The predicted octanol–water partition coefficient (Wildman–Crippen LogP) is 2.85. The van der Waals surface area contributed by atoms with E-state index in [4.69, 9.17) is 18.9 Å². The first-order valence-electron chi connectivity index (χ1n) is 6.96. The van der Waals surface area contributed by atoms with Crippen LogP contribution < -0.4 is 0 Å². The lowest BCUT2D eigenvalue weighted by molar-refractivity contribution is -0.155. The van der Waals surface area contributed by atoms with Crippen LogP contribution in [0.15, 0.2) is 12.7 Å². The Hall–Kier alpha value is -1.56. The van der Waals surface area contributed by atoms with Gasteiger partial charge in [0, 0.05) is 6.42 Å². The SMILES string of the molecule is C=CCOC(=O)C(C)OCCC(C)(C)OC(=O)OC(C)C. The number of rotatable bonds is 9. The Labute approximate surface area is 126 Å². The van der Waals surface area contributed by atoms with Crippen LogP contribution in [0.4, 0.5) is 4.79 Å². The second kappa shape index (κ2) is 9.39. The first-order chi connectivity index (χ1) is 9.68. The lowest BCUT2D eigenvalue weighted by Gasteiger charge is -2.25. The molecule has 6 nitrogen and oxygen atoms in total. The third-order valence-electron chi connectivity index (χ3n) is 2.44. The maximum Gasteiger partial charge on any atom is 0.509 e. The summed E-state index contributed by atoms with van der Waals surface area (Å²) in [6.07, 6.45) is 0.294. The van der Waals surface area contributed by atoms with Crippen molar-refractivity contribution >= 4 is 12.1 Å². The van der Waals surface area contributed by atoms with Gasteiger partial charge in [-0.05, 0) is 34.6 Å². The van der Waals surface area contributed by atoms with Gasteiger partial charge in [-0.15, -0.1) is 0 Å². The van der Waals surface area contributed by atoms with Gasteiger partial charge in [0.25, 0.3) is 0 Å². The molecule has 21 heavy (non-hydrogen) atoms. The quantitative estimate of drug-likeness (QED) is 0.482. The summed E-state index contributed by atoms with van der Waals surface area (Å²) in [7, 11) is 0. The van der Waals surface area contributed by atoms with Crippen molar-refractivity contribution in [2.75, 3.05) is 13.2 Å². The average Bonchev–Trinajstić information content (AvgIpc) is 2.33. The molecule has 6 heteroatoms. The highest BCUT2D eigenvalue weighted by molar-refractivity contribution is 5.74. The Morgan fingerprint density at radius 1 is 1.24 bits per heavy atom. The van der Waals surface area contributed by atoms with Gasteiger partial charge in [-0.3, -0.25) is 0 Å². The summed E-state index contributed by atoms with van der Waals surface area (Å²) >= 11 is 0. The van der Waals surface area contributed by atoms with E-state index in [1.54, 1.807) is 34.6 Å². The van der Waals surface area contributed by atoms with E-state index in [9.17, 15) is 9.59 Å². The van der Waals surface area contributed by atoms with Crippen molar-refractivity contribution in [1.29, 1.82) is 0 Å². The minimum Gasteiger partial charge on any atom is -0.460 e. The van der Waals surface area contributed by atoms with Crippen molar-refractivity contribution in [2.45, 2.75) is 58.8 Å². The molecule has 0 amide bonds. The monoisotopic (exact) mass is 302 g/mol. The number of ether oxygens (including phenoxy) is 4. The summed E-state index contributed by atoms with van der Waals surface area (Å²) in [5.41, 5.74) is -0.739. The lowest BCUT2D eigenvalue weighted by Crippen LogP contribution is -2.32. The van der Waals surface area contributed by atoms with Crippen molar-refractivity contribution in [3.63, 3.8) is 0 Å². The molecule has 0 saturated carbocycles. The molecule has 0 spiro atoms. The maximum atomic E-state index is 11.5. The Morgan fingerprint density at radius 3 is 2.38 bits per heavy atom. The smallest absolute Gasteiger partial charge is 0.460 e. The fourth-order valence-corrected chi connectivity index (χ4v) is 1.30. The molecule has 122 valence electrons. The Bertz CT molecular complexity index is 348. The van der Waals surface area contributed by atoms with Crippen molar-refractivity contribution in [3.8, 4) is 0 Å². The molecular formula is C15H26O6. The molecule has 0 bridgehead atoms. The first-order valence-corrected chi connectivity index (χ1v) is 6.96. The summed E-state index contributed by atoms with van der Waals surface area (Å²) in [6, 6.07) is 0. The molecule has 0 heterocycles. The van der Waals surface area contributed by atoms with Crippen LogP contribution in [0.25, 0.3) is 0 Å². The molecule has 0 aromatic carbocycles. The van der Waals surface area contributed by atoms with Crippen LogP contribution in [-0.2, 0) is 23.7 Å². The van der Waals surface area contributed by atoms with Crippen molar-refractivity contribution in [1.82, 2.24) is 0 Å². The van der Waals surface area contributed by atoms with E-state index < -0.39 is 23.8 Å². The molecule has 0 rings (SSSR count). The van der Waals surface area contributed by atoms with Crippen LogP contribution in [0.5, 0.6) is 0 Å². The molecule has 1 unspecified atom stereocenters. The van der Waals surface area contributed by atoms with Gasteiger partial charge in [-0.2, -0.15) is 0 Å². The number of carbonyl (C=O) groups is 2. The first kappa shape index (κ1) is 19.4. The summed E-state index contributed by atoms with van der Waals surface area (Å²) in [5.74, 6) is -0.451. The van der Waals surface area contributed by atoms with E-state index in [1.807, 2.05) is 0 Å². The summed E-state index contributed by atoms with van der Waals surface area (Å²) in [6.45, 7) is 12.5. The number of hydrogen-bond acceptors (Lipinski definition) is 6. The molecule has 0 saturated heterocycles. The molecular weight excluding hydrogens is 276 g/mol. The molecule has 0 N–H and O–H groups in total. The molecule has 0 aliphatic carbocycles. The highest BCUT2D eigenvalue weighted by atomic mass is 16.7. The lowest BCUT2D eigenvalue weighted by atomic mass is 10.1. The largest absolute Gasteiger partial charge is 0.509 e.